The van der Waals surface area contributed by atoms with Crippen LogP contribution >= 0.6 is 11.6 Å². The molecule has 0 saturated carbocycles. The molecular formula is C22H14ClF3N4O4S. The third-order valence-electron chi connectivity index (χ3n) is 5.54. The van der Waals surface area contributed by atoms with Gasteiger partial charge in [0.1, 0.15) is 5.69 Å². The molecule has 3 heterocycles. The van der Waals surface area contributed by atoms with Crippen LogP contribution in [-0.4, -0.2) is 30.1 Å². The second kappa shape index (κ2) is 8.24. The summed E-state index contributed by atoms with van der Waals surface area (Å²) in [6.07, 6.45) is -2.97. The van der Waals surface area contributed by atoms with Crippen molar-refractivity contribution >= 4 is 27.3 Å². The molecular weight excluding hydrogens is 509 g/mol. The van der Waals surface area contributed by atoms with E-state index in [-0.39, 0.29) is 22.3 Å². The van der Waals surface area contributed by atoms with Gasteiger partial charge in [0, 0.05) is 23.9 Å². The van der Waals surface area contributed by atoms with E-state index in [1.54, 1.807) is 18.2 Å². The zero-order valence-electron chi connectivity index (χ0n) is 17.5. The number of anilines is 1. The van der Waals surface area contributed by atoms with Gasteiger partial charge in [-0.2, -0.15) is 13.2 Å². The molecule has 8 nitrogen and oxygen atoms in total. The van der Waals surface area contributed by atoms with E-state index in [4.69, 9.17) is 11.6 Å². The molecule has 13 heteroatoms. The highest BCUT2D eigenvalue weighted by molar-refractivity contribution is 7.92. The Labute approximate surface area is 201 Å². The second-order valence-corrected chi connectivity index (χ2v) is 9.96. The molecule has 4 aromatic rings. The van der Waals surface area contributed by atoms with Crippen LogP contribution in [0.2, 0.25) is 5.02 Å². The van der Waals surface area contributed by atoms with Gasteiger partial charge in [-0.1, -0.05) is 28.9 Å². The van der Waals surface area contributed by atoms with Crippen LogP contribution in [0.4, 0.5) is 18.9 Å². The fourth-order valence-electron chi connectivity index (χ4n) is 3.85. The predicted octanol–water partition coefficient (Wildman–Crippen LogP) is 4.52. The van der Waals surface area contributed by atoms with Crippen molar-refractivity contribution in [3.8, 4) is 22.5 Å². The Hall–Kier alpha value is -3.64. The summed E-state index contributed by atoms with van der Waals surface area (Å²) >= 11 is 6.25. The molecule has 0 fully saturated rings. The summed E-state index contributed by atoms with van der Waals surface area (Å²) in [5.74, 6) is -0.700. The first-order chi connectivity index (χ1) is 16.5. The number of nitrogens with one attached hydrogen (secondary N) is 1. The van der Waals surface area contributed by atoms with Gasteiger partial charge in [-0.25, -0.2) is 13.2 Å². The molecule has 5 rings (SSSR count). The number of nitrogens with zero attached hydrogens (tertiary/aromatic N) is 3. The Bertz CT molecular complexity index is 1600. The molecule has 0 unspecified atom stereocenters. The third kappa shape index (κ3) is 4.19. The number of aromatic nitrogens is 3. The van der Waals surface area contributed by atoms with Crippen molar-refractivity contribution in [3.05, 3.63) is 81.6 Å². The lowest BCUT2D eigenvalue weighted by Crippen LogP contribution is -2.29. The molecule has 0 bridgehead atoms. The van der Waals surface area contributed by atoms with Crippen LogP contribution in [0.5, 0.6) is 0 Å². The van der Waals surface area contributed by atoms with Crippen LogP contribution in [0.25, 0.3) is 22.5 Å². The van der Waals surface area contributed by atoms with Gasteiger partial charge in [0.2, 0.25) is 0 Å². The van der Waals surface area contributed by atoms with Gasteiger partial charge in [-0.3, -0.25) is 18.8 Å². The zero-order valence-corrected chi connectivity index (χ0v) is 19.1. The maximum Gasteiger partial charge on any atom is 0.439 e. The van der Waals surface area contributed by atoms with Crippen molar-refractivity contribution in [2.24, 2.45) is 0 Å². The van der Waals surface area contributed by atoms with Gasteiger partial charge in [0.25, 0.3) is 10.0 Å². The zero-order chi connectivity index (χ0) is 25.0. The van der Waals surface area contributed by atoms with E-state index >= 15 is 0 Å². The molecule has 2 aromatic heterocycles. The van der Waals surface area contributed by atoms with Gasteiger partial charge in [-0.15, -0.1) is 0 Å². The van der Waals surface area contributed by atoms with Crippen molar-refractivity contribution in [1.82, 2.24) is 15.1 Å². The first-order valence-corrected chi connectivity index (χ1v) is 11.9. The maximum absolute atomic E-state index is 13.3. The van der Waals surface area contributed by atoms with Crippen molar-refractivity contribution in [3.63, 3.8) is 0 Å². The minimum atomic E-state index is -4.53. The van der Waals surface area contributed by atoms with Crippen molar-refractivity contribution in [1.29, 1.82) is 0 Å². The average molecular weight is 523 g/mol. The number of fused-ring (bicyclic) bond motifs is 1. The highest BCUT2D eigenvalue weighted by Crippen LogP contribution is 2.37. The summed E-state index contributed by atoms with van der Waals surface area (Å²) in [5.41, 5.74) is 1.62. The number of sulfonamides is 1. The van der Waals surface area contributed by atoms with E-state index in [1.807, 2.05) is 0 Å². The first-order valence-electron chi connectivity index (χ1n) is 10.1. The molecule has 0 saturated heterocycles. The molecule has 1 N–H and O–H groups in total. The molecule has 2 aromatic carbocycles. The molecule has 180 valence electrons. The minimum absolute atomic E-state index is 0.0547. The minimum Gasteiger partial charge on any atom is -0.296 e. The number of rotatable bonds is 4. The van der Waals surface area contributed by atoms with Crippen LogP contribution in [0.1, 0.15) is 11.3 Å². The monoisotopic (exact) mass is 522 g/mol. The molecule has 0 spiro atoms. The topological polar surface area (TPSA) is 109 Å². The van der Waals surface area contributed by atoms with Crippen LogP contribution in [0.15, 0.2) is 68.9 Å². The number of alkyl halides is 3. The summed E-state index contributed by atoms with van der Waals surface area (Å²) in [4.78, 5) is 17.0. The van der Waals surface area contributed by atoms with Crippen molar-refractivity contribution in [2.75, 3.05) is 10.8 Å². The maximum atomic E-state index is 13.3. The lowest BCUT2D eigenvalue weighted by atomic mass is 10.0. The van der Waals surface area contributed by atoms with Gasteiger partial charge in [0.15, 0.2) is 5.82 Å². The fraction of sp³-hybridized carbons (Fsp3) is 0.136. The normalized spacial score (nSPS) is 13.8. The van der Waals surface area contributed by atoms with E-state index in [0.29, 0.717) is 28.8 Å². The lowest BCUT2D eigenvalue weighted by molar-refractivity contribution is -0.141. The highest BCUT2D eigenvalue weighted by atomic mass is 35.5. The van der Waals surface area contributed by atoms with Gasteiger partial charge in [-0.05, 0) is 53.9 Å². The summed E-state index contributed by atoms with van der Waals surface area (Å²) in [5, 5.41) is 3.60. The Morgan fingerprint density at radius 2 is 1.83 bits per heavy atom. The van der Waals surface area contributed by atoms with Gasteiger partial charge >= 0.3 is 11.9 Å². The van der Waals surface area contributed by atoms with Crippen LogP contribution in [-0.2, 0) is 22.6 Å². The number of benzene rings is 2. The second-order valence-electron chi connectivity index (χ2n) is 7.69. The third-order valence-corrected chi connectivity index (χ3v) is 7.67. The van der Waals surface area contributed by atoms with Gasteiger partial charge < -0.3 is 0 Å². The van der Waals surface area contributed by atoms with E-state index in [0.717, 1.165) is 17.8 Å². The molecule has 0 atom stereocenters. The summed E-state index contributed by atoms with van der Waals surface area (Å²) in [6.45, 7) is 0.183. The highest BCUT2D eigenvalue weighted by Gasteiger charge is 2.33. The standard InChI is InChI=1S/C22H14ClF3N4O4S/c23-17-10-15(3-4-16(17)20-28-21(31)34-29-20)35(32,33)30-8-7-13-9-12(1-5-18(13)30)14-2-6-19(27-11-14)22(24,25)26/h1-6,9-11H,7-8H2,(H,28,29,31). The number of hydrogen-bond donors (Lipinski definition) is 1. The molecule has 1 aliphatic rings. The Morgan fingerprint density at radius 1 is 1.06 bits per heavy atom. The van der Waals surface area contributed by atoms with E-state index in [2.05, 4.69) is 19.6 Å². The average Bonchev–Trinajstić information content (AvgIpc) is 3.44. The molecule has 35 heavy (non-hydrogen) atoms. The fourth-order valence-corrected chi connectivity index (χ4v) is 5.72. The molecule has 0 amide bonds. The largest absolute Gasteiger partial charge is 0.439 e. The van der Waals surface area contributed by atoms with Crippen LogP contribution in [0, 0.1) is 0 Å². The Kier molecular flexibility index (Phi) is 5.44. The van der Waals surface area contributed by atoms with E-state index in [1.165, 1.54) is 28.6 Å². The first kappa shape index (κ1) is 23.1. The number of H-pyrrole nitrogens is 1. The number of hydrogen-bond acceptors (Lipinski definition) is 6. The SMILES string of the molecule is O=c1[nH]c(-c2ccc(S(=O)(=O)N3CCc4cc(-c5ccc(C(F)(F)F)nc5)ccc43)cc2Cl)no1. The number of halogens is 4. The smallest absolute Gasteiger partial charge is 0.296 e. The Morgan fingerprint density at radius 3 is 2.46 bits per heavy atom. The molecule has 0 aliphatic carbocycles. The molecule has 0 radical (unpaired) electrons. The summed E-state index contributed by atoms with van der Waals surface area (Å²) in [7, 11) is -3.97. The van der Waals surface area contributed by atoms with Gasteiger partial charge in [0.05, 0.1) is 15.6 Å². The summed E-state index contributed by atoms with van der Waals surface area (Å²) in [6, 6.07) is 11.3. The predicted molar refractivity (Wildman–Crippen MR) is 120 cm³/mol. The quantitative estimate of drug-likeness (QED) is 0.422. The van der Waals surface area contributed by atoms with E-state index in [9.17, 15) is 26.4 Å². The van der Waals surface area contributed by atoms with E-state index < -0.39 is 27.6 Å². The van der Waals surface area contributed by atoms with Crippen molar-refractivity contribution in [2.45, 2.75) is 17.5 Å². The lowest BCUT2D eigenvalue weighted by Gasteiger charge is -2.20. The summed E-state index contributed by atoms with van der Waals surface area (Å²) < 4.78 is 70.7. The Balaban J connectivity index is 1.44. The number of pyridine rings is 1. The number of aromatic amines is 1. The molecule has 1 aliphatic heterocycles. The van der Waals surface area contributed by atoms with Crippen molar-refractivity contribution < 1.29 is 26.1 Å². The van der Waals surface area contributed by atoms with Crippen LogP contribution in [0.3, 0.4) is 0 Å². The van der Waals surface area contributed by atoms with Crippen LogP contribution < -0.4 is 10.1 Å².